The quantitative estimate of drug-likeness (QED) is 0.852. The van der Waals surface area contributed by atoms with E-state index in [-0.39, 0.29) is 16.9 Å². The Labute approximate surface area is 149 Å². The molecule has 0 aliphatic rings. The number of ether oxygens (including phenoxy) is 1. The van der Waals surface area contributed by atoms with Crippen LogP contribution in [0.25, 0.3) is 0 Å². The fraction of sp³-hybridized carbons (Fsp3) is 0.389. The Morgan fingerprint density at radius 2 is 1.85 bits per heavy atom. The van der Waals surface area contributed by atoms with E-state index in [2.05, 4.69) is 20.0 Å². The van der Waals surface area contributed by atoms with Gasteiger partial charge in [-0.15, -0.1) is 0 Å². The monoisotopic (exact) mass is 365 g/mol. The number of rotatable bonds is 5. The van der Waals surface area contributed by atoms with Crippen LogP contribution in [0.15, 0.2) is 35.1 Å². The number of hydrogen-bond donors (Lipinski definition) is 2. The third-order valence-corrected chi connectivity index (χ3v) is 3.67. The minimum Gasteiger partial charge on any atom is -0.435 e. The molecule has 0 aliphatic carbocycles. The normalized spacial score (nSPS) is 12.7. The number of aromatic amines is 1. The van der Waals surface area contributed by atoms with Crippen molar-refractivity contribution in [2.75, 3.05) is 0 Å². The van der Waals surface area contributed by atoms with Crippen LogP contribution in [0.1, 0.15) is 48.7 Å². The van der Waals surface area contributed by atoms with Gasteiger partial charge < -0.3 is 15.0 Å². The van der Waals surface area contributed by atoms with Crippen LogP contribution in [0.3, 0.4) is 0 Å². The third kappa shape index (κ3) is 5.11. The highest BCUT2D eigenvalue weighted by molar-refractivity contribution is 5.92. The van der Waals surface area contributed by atoms with Gasteiger partial charge in [-0.05, 0) is 30.0 Å². The van der Waals surface area contributed by atoms with Crippen molar-refractivity contribution in [3.63, 3.8) is 0 Å². The van der Waals surface area contributed by atoms with Gasteiger partial charge in [-0.1, -0.05) is 32.9 Å². The van der Waals surface area contributed by atoms with E-state index in [0.29, 0.717) is 11.4 Å². The van der Waals surface area contributed by atoms with Crippen LogP contribution in [0.5, 0.6) is 5.75 Å². The number of halogens is 2. The molecule has 1 unspecified atom stereocenters. The SMILES string of the molecule is Cc1nc(C(=O)NC(c2ccc(OC(F)F)cc2)C(C)(C)C)cc(=O)[nH]1. The maximum absolute atomic E-state index is 12.5. The number of amides is 1. The fourth-order valence-electron chi connectivity index (χ4n) is 2.54. The van der Waals surface area contributed by atoms with Gasteiger partial charge in [0.1, 0.15) is 17.3 Å². The molecule has 0 saturated carbocycles. The molecule has 2 rings (SSSR count). The number of aromatic nitrogens is 2. The average molecular weight is 365 g/mol. The van der Waals surface area contributed by atoms with E-state index < -0.39 is 24.1 Å². The molecule has 1 aromatic heterocycles. The third-order valence-electron chi connectivity index (χ3n) is 3.67. The lowest BCUT2D eigenvalue weighted by Crippen LogP contribution is -2.37. The van der Waals surface area contributed by atoms with Crippen LogP contribution in [0, 0.1) is 12.3 Å². The van der Waals surface area contributed by atoms with Crippen molar-refractivity contribution in [3.8, 4) is 5.75 Å². The number of carbonyl (C=O) groups excluding carboxylic acids is 1. The molecule has 0 aliphatic heterocycles. The van der Waals surface area contributed by atoms with Crippen LogP contribution < -0.4 is 15.6 Å². The van der Waals surface area contributed by atoms with Gasteiger partial charge in [0.05, 0.1) is 6.04 Å². The predicted octanol–water partition coefficient (Wildman–Crippen LogP) is 3.20. The summed E-state index contributed by atoms with van der Waals surface area (Å²) in [6.07, 6.45) is 0. The zero-order valence-corrected chi connectivity index (χ0v) is 15.0. The summed E-state index contributed by atoms with van der Waals surface area (Å²) in [7, 11) is 0. The summed E-state index contributed by atoms with van der Waals surface area (Å²) in [5.74, 6) is -0.120. The van der Waals surface area contributed by atoms with Gasteiger partial charge in [0.15, 0.2) is 0 Å². The molecule has 0 saturated heterocycles. The summed E-state index contributed by atoms with van der Waals surface area (Å²) in [6.45, 7) is 4.47. The van der Waals surface area contributed by atoms with Gasteiger partial charge in [0.2, 0.25) is 0 Å². The van der Waals surface area contributed by atoms with Gasteiger partial charge in [-0.25, -0.2) is 4.98 Å². The van der Waals surface area contributed by atoms with Gasteiger partial charge in [0.25, 0.3) is 11.5 Å². The van der Waals surface area contributed by atoms with E-state index in [0.717, 1.165) is 6.07 Å². The molecule has 2 N–H and O–H groups in total. The van der Waals surface area contributed by atoms with Crippen molar-refractivity contribution in [1.29, 1.82) is 0 Å². The molecular weight excluding hydrogens is 344 g/mol. The van der Waals surface area contributed by atoms with E-state index in [4.69, 9.17) is 0 Å². The van der Waals surface area contributed by atoms with Crippen molar-refractivity contribution >= 4 is 5.91 Å². The molecule has 140 valence electrons. The maximum atomic E-state index is 12.5. The second-order valence-corrected chi connectivity index (χ2v) is 6.94. The van der Waals surface area contributed by atoms with E-state index in [9.17, 15) is 18.4 Å². The van der Waals surface area contributed by atoms with Gasteiger partial charge in [0, 0.05) is 6.07 Å². The molecule has 1 heterocycles. The molecule has 1 amide bonds. The summed E-state index contributed by atoms with van der Waals surface area (Å²) >= 11 is 0. The van der Waals surface area contributed by atoms with Crippen molar-refractivity contribution in [2.24, 2.45) is 5.41 Å². The van der Waals surface area contributed by atoms with Gasteiger partial charge >= 0.3 is 6.61 Å². The first kappa shape index (κ1) is 19.6. The zero-order valence-electron chi connectivity index (χ0n) is 15.0. The highest BCUT2D eigenvalue weighted by Gasteiger charge is 2.29. The Bertz CT molecular complexity index is 827. The Morgan fingerprint density at radius 1 is 1.23 bits per heavy atom. The molecule has 0 spiro atoms. The first-order chi connectivity index (χ1) is 12.1. The lowest BCUT2D eigenvalue weighted by Gasteiger charge is -2.32. The molecule has 0 bridgehead atoms. The first-order valence-corrected chi connectivity index (χ1v) is 8.00. The zero-order chi connectivity index (χ0) is 19.5. The molecule has 1 atom stereocenters. The lowest BCUT2D eigenvalue weighted by molar-refractivity contribution is -0.0498. The molecule has 1 aromatic carbocycles. The van der Waals surface area contributed by atoms with Crippen molar-refractivity contribution in [3.05, 3.63) is 57.8 Å². The molecule has 2 aromatic rings. The van der Waals surface area contributed by atoms with Crippen LogP contribution in [0.4, 0.5) is 8.78 Å². The lowest BCUT2D eigenvalue weighted by atomic mass is 9.82. The van der Waals surface area contributed by atoms with Crippen LogP contribution in [0.2, 0.25) is 0 Å². The standard InChI is InChI=1S/C18H21F2N3O3/c1-10-21-13(9-14(24)22-10)16(25)23-15(18(2,3)4)11-5-7-12(8-6-11)26-17(19)20/h5-9,15,17H,1-4H3,(H,23,25)(H,21,22,24). The largest absolute Gasteiger partial charge is 0.435 e. The number of nitrogens with zero attached hydrogens (tertiary/aromatic N) is 1. The summed E-state index contributed by atoms with van der Waals surface area (Å²) in [6, 6.07) is 6.76. The summed E-state index contributed by atoms with van der Waals surface area (Å²) in [5, 5.41) is 2.86. The highest BCUT2D eigenvalue weighted by atomic mass is 19.3. The topological polar surface area (TPSA) is 84.1 Å². The Balaban J connectivity index is 2.28. The molecule has 26 heavy (non-hydrogen) atoms. The Morgan fingerprint density at radius 3 is 2.35 bits per heavy atom. The summed E-state index contributed by atoms with van der Waals surface area (Å²) in [4.78, 5) is 30.6. The second kappa shape index (κ2) is 7.63. The Hall–Kier alpha value is -2.77. The van der Waals surface area contributed by atoms with E-state index in [1.807, 2.05) is 20.8 Å². The summed E-state index contributed by atoms with van der Waals surface area (Å²) < 4.78 is 28.9. The number of benzene rings is 1. The fourth-order valence-corrected chi connectivity index (χ4v) is 2.54. The predicted molar refractivity (Wildman–Crippen MR) is 92.3 cm³/mol. The maximum Gasteiger partial charge on any atom is 0.387 e. The minimum atomic E-state index is -2.90. The van der Waals surface area contributed by atoms with Crippen LogP contribution >= 0.6 is 0 Å². The number of aryl methyl sites for hydroxylation is 1. The van der Waals surface area contributed by atoms with Crippen molar-refractivity contribution < 1.29 is 18.3 Å². The van der Waals surface area contributed by atoms with E-state index >= 15 is 0 Å². The average Bonchev–Trinajstić information content (AvgIpc) is 2.50. The molecule has 8 heteroatoms. The number of alkyl halides is 2. The van der Waals surface area contributed by atoms with E-state index in [1.165, 1.54) is 12.1 Å². The number of nitrogens with one attached hydrogen (secondary N) is 2. The molecule has 6 nitrogen and oxygen atoms in total. The van der Waals surface area contributed by atoms with E-state index in [1.54, 1.807) is 19.1 Å². The number of H-pyrrole nitrogens is 1. The second-order valence-electron chi connectivity index (χ2n) is 6.94. The number of hydrogen-bond acceptors (Lipinski definition) is 4. The summed E-state index contributed by atoms with van der Waals surface area (Å²) in [5.41, 5.74) is -0.0626. The number of carbonyl (C=O) groups is 1. The smallest absolute Gasteiger partial charge is 0.387 e. The van der Waals surface area contributed by atoms with Crippen LogP contribution in [-0.4, -0.2) is 22.5 Å². The van der Waals surface area contributed by atoms with Crippen LogP contribution in [-0.2, 0) is 0 Å². The highest BCUT2D eigenvalue weighted by Crippen LogP contribution is 2.33. The first-order valence-electron chi connectivity index (χ1n) is 8.00. The van der Waals surface area contributed by atoms with Gasteiger partial charge in [-0.3, -0.25) is 9.59 Å². The minimum absolute atomic E-state index is 0.0122. The van der Waals surface area contributed by atoms with Crippen molar-refractivity contribution in [2.45, 2.75) is 40.3 Å². The molecule has 0 radical (unpaired) electrons. The molecule has 0 fully saturated rings. The van der Waals surface area contributed by atoms with Crippen molar-refractivity contribution in [1.82, 2.24) is 15.3 Å². The molecular formula is C18H21F2N3O3. The van der Waals surface area contributed by atoms with Gasteiger partial charge in [-0.2, -0.15) is 8.78 Å². The Kier molecular flexibility index (Phi) is 5.74.